The molecule has 0 unspecified atom stereocenters. The molecule has 1 aromatic carbocycles. The van der Waals surface area contributed by atoms with Crippen LogP contribution in [0.1, 0.15) is 25.8 Å². The topological polar surface area (TPSA) is 41.1 Å². The van der Waals surface area contributed by atoms with Gasteiger partial charge in [0, 0.05) is 5.69 Å². The van der Waals surface area contributed by atoms with Crippen LogP contribution in [0.5, 0.6) is 0 Å². The normalized spacial score (nSPS) is 11.7. The van der Waals surface area contributed by atoms with E-state index in [0.717, 1.165) is 25.1 Å². The van der Waals surface area contributed by atoms with E-state index < -0.39 is 11.7 Å². The second-order valence-electron chi connectivity index (χ2n) is 4.98. The maximum atomic E-state index is 12.4. The first kappa shape index (κ1) is 16.5. The van der Waals surface area contributed by atoms with E-state index in [0.29, 0.717) is 11.6 Å². The second kappa shape index (κ2) is 7.28. The number of benzene rings is 1. The Labute approximate surface area is 116 Å². The first-order chi connectivity index (χ1) is 9.29. The van der Waals surface area contributed by atoms with Gasteiger partial charge in [0.1, 0.15) is 0 Å². The van der Waals surface area contributed by atoms with Crippen LogP contribution in [0.3, 0.4) is 0 Å². The van der Waals surface area contributed by atoms with Gasteiger partial charge in [-0.15, -0.1) is 0 Å². The smallest absolute Gasteiger partial charge is 0.325 e. The van der Waals surface area contributed by atoms with Crippen LogP contribution in [0, 0.1) is 5.92 Å². The van der Waals surface area contributed by atoms with Crippen molar-refractivity contribution in [2.45, 2.75) is 26.4 Å². The van der Waals surface area contributed by atoms with Crippen LogP contribution >= 0.6 is 0 Å². The minimum absolute atomic E-state index is 0.147. The second-order valence-corrected chi connectivity index (χ2v) is 4.98. The Morgan fingerprint density at radius 3 is 2.30 bits per heavy atom. The fourth-order valence-electron chi connectivity index (χ4n) is 1.54. The summed E-state index contributed by atoms with van der Waals surface area (Å²) in [7, 11) is 0. The van der Waals surface area contributed by atoms with Crippen molar-refractivity contribution in [2.75, 3.05) is 18.4 Å². The first-order valence-corrected chi connectivity index (χ1v) is 6.47. The molecule has 0 aliphatic rings. The Kier molecular flexibility index (Phi) is 6.01. The summed E-state index contributed by atoms with van der Waals surface area (Å²) in [5.74, 6) is 0.286. The number of hydrogen-bond acceptors (Lipinski definition) is 2. The number of amides is 1. The van der Waals surface area contributed by atoms with Gasteiger partial charge in [-0.2, -0.15) is 13.2 Å². The monoisotopic (exact) mass is 288 g/mol. The Morgan fingerprint density at radius 1 is 1.20 bits per heavy atom. The number of carbonyl (C=O) groups excluding carboxylic acids is 1. The molecule has 0 radical (unpaired) electrons. The van der Waals surface area contributed by atoms with Gasteiger partial charge in [0.2, 0.25) is 5.91 Å². The van der Waals surface area contributed by atoms with E-state index in [4.69, 9.17) is 0 Å². The van der Waals surface area contributed by atoms with Crippen molar-refractivity contribution in [3.8, 4) is 0 Å². The van der Waals surface area contributed by atoms with E-state index in [1.165, 1.54) is 12.1 Å². The molecule has 0 aliphatic carbocycles. The molecule has 0 aliphatic heterocycles. The molecule has 0 saturated carbocycles. The average molecular weight is 288 g/mol. The summed E-state index contributed by atoms with van der Waals surface area (Å²) in [5, 5.41) is 5.52. The SMILES string of the molecule is CC(C)CCNCC(=O)Nc1ccc(C(F)(F)F)cc1. The van der Waals surface area contributed by atoms with E-state index in [1.54, 1.807) is 0 Å². The summed E-state index contributed by atoms with van der Waals surface area (Å²) in [6.07, 6.45) is -3.39. The molecular weight excluding hydrogens is 269 g/mol. The standard InChI is InChI=1S/C14H19F3N2O/c1-10(2)7-8-18-9-13(20)19-12-5-3-11(4-6-12)14(15,16)17/h3-6,10,18H,7-9H2,1-2H3,(H,19,20). The summed E-state index contributed by atoms with van der Waals surface area (Å²) < 4.78 is 37.1. The van der Waals surface area contributed by atoms with Crippen LogP contribution in [-0.2, 0) is 11.0 Å². The molecule has 1 aromatic rings. The summed E-state index contributed by atoms with van der Waals surface area (Å²) in [4.78, 5) is 11.5. The highest BCUT2D eigenvalue weighted by Crippen LogP contribution is 2.29. The summed E-state index contributed by atoms with van der Waals surface area (Å²) in [6, 6.07) is 4.38. The van der Waals surface area contributed by atoms with Crippen molar-refractivity contribution in [1.29, 1.82) is 0 Å². The maximum Gasteiger partial charge on any atom is 0.416 e. The fourth-order valence-corrected chi connectivity index (χ4v) is 1.54. The third-order valence-corrected chi connectivity index (χ3v) is 2.68. The van der Waals surface area contributed by atoms with Crippen LogP contribution in [0.4, 0.5) is 18.9 Å². The van der Waals surface area contributed by atoms with Gasteiger partial charge < -0.3 is 10.6 Å². The zero-order valence-corrected chi connectivity index (χ0v) is 11.6. The van der Waals surface area contributed by atoms with Crippen LogP contribution in [0.25, 0.3) is 0 Å². The number of carbonyl (C=O) groups is 1. The minimum atomic E-state index is -4.36. The Balaban J connectivity index is 2.39. The predicted molar refractivity (Wildman–Crippen MR) is 72.4 cm³/mol. The Morgan fingerprint density at radius 2 is 1.80 bits per heavy atom. The lowest BCUT2D eigenvalue weighted by Gasteiger charge is -2.10. The van der Waals surface area contributed by atoms with Crippen molar-refractivity contribution < 1.29 is 18.0 Å². The predicted octanol–water partition coefficient (Wildman–Crippen LogP) is 3.28. The molecule has 0 fully saturated rings. The van der Waals surface area contributed by atoms with Gasteiger partial charge in [-0.05, 0) is 43.1 Å². The van der Waals surface area contributed by atoms with Crippen LogP contribution < -0.4 is 10.6 Å². The quantitative estimate of drug-likeness (QED) is 0.789. The molecule has 0 spiro atoms. The number of rotatable bonds is 6. The maximum absolute atomic E-state index is 12.4. The largest absolute Gasteiger partial charge is 0.416 e. The van der Waals surface area contributed by atoms with Gasteiger partial charge in [0.05, 0.1) is 12.1 Å². The summed E-state index contributed by atoms with van der Waals surface area (Å²) >= 11 is 0. The molecule has 3 nitrogen and oxygen atoms in total. The lowest BCUT2D eigenvalue weighted by atomic mass is 10.1. The van der Waals surface area contributed by atoms with Crippen LogP contribution in [0.2, 0.25) is 0 Å². The summed E-state index contributed by atoms with van der Waals surface area (Å²) in [5.41, 5.74) is -0.376. The van der Waals surface area contributed by atoms with Crippen molar-refractivity contribution in [1.82, 2.24) is 5.32 Å². The molecule has 0 bridgehead atoms. The van der Waals surface area contributed by atoms with Gasteiger partial charge in [-0.1, -0.05) is 13.8 Å². The Bertz CT molecular complexity index is 427. The number of alkyl halides is 3. The zero-order chi connectivity index (χ0) is 15.2. The average Bonchev–Trinajstić information content (AvgIpc) is 2.34. The first-order valence-electron chi connectivity index (χ1n) is 6.47. The molecule has 2 N–H and O–H groups in total. The number of halogens is 3. The number of nitrogens with one attached hydrogen (secondary N) is 2. The molecule has 20 heavy (non-hydrogen) atoms. The van der Waals surface area contributed by atoms with Gasteiger partial charge >= 0.3 is 6.18 Å². The molecule has 6 heteroatoms. The van der Waals surface area contributed by atoms with Crippen LogP contribution in [-0.4, -0.2) is 19.0 Å². The van der Waals surface area contributed by atoms with Crippen molar-refractivity contribution in [3.63, 3.8) is 0 Å². The van der Waals surface area contributed by atoms with Gasteiger partial charge in [-0.3, -0.25) is 4.79 Å². The lowest BCUT2D eigenvalue weighted by molar-refractivity contribution is -0.137. The highest BCUT2D eigenvalue weighted by atomic mass is 19.4. The van der Waals surface area contributed by atoms with Crippen LogP contribution in [0.15, 0.2) is 24.3 Å². The fraction of sp³-hybridized carbons (Fsp3) is 0.500. The van der Waals surface area contributed by atoms with E-state index >= 15 is 0 Å². The third-order valence-electron chi connectivity index (χ3n) is 2.68. The minimum Gasteiger partial charge on any atom is -0.325 e. The van der Waals surface area contributed by atoms with E-state index in [2.05, 4.69) is 24.5 Å². The van der Waals surface area contributed by atoms with Crippen molar-refractivity contribution in [2.24, 2.45) is 5.92 Å². The van der Waals surface area contributed by atoms with E-state index in [-0.39, 0.29) is 12.5 Å². The van der Waals surface area contributed by atoms with E-state index in [9.17, 15) is 18.0 Å². The van der Waals surface area contributed by atoms with Crippen molar-refractivity contribution in [3.05, 3.63) is 29.8 Å². The highest BCUT2D eigenvalue weighted by Gasteiger charge is 2.29. The zero-order valence-electron chi connectivity index (χ0n) is 11.6. The molecule has 112 valence electrons. The molecule has 1 rings (SSSR count). The third kappa shape index (κ3) is 6.06. The molecular formula is C14H19F3N2O. The molecule has 1 amide bonds. The molecule has 0 atom stereocenters. The molecule has 0 aromatic heterocycles. The van der Waals surface area contributed by atoms with Gasteiger partial charge in [0.25, 0.3) is 0 Å². The van der Waals surface area contributed by atoms with Crippen molar-refractivity contribution >= 4 is 11.6 Å². The van der Waals surface area contributed by atoms with E-state index in [1.807, 2.05) is 0 Å². The van der Waals surface area contributed by atoms with Gasteiger partial charge in [0.15, 0.2) is 0 Å². The van der Waals surface area contributed by atoms with Gasteiger partial charge in [-0.25, -0.2) is 0 Å². The number of hydrogen-bond donors (Lipinski definition) is 2. The summed E-state index contributed by atoms with van der Waals surface area (Å²) in [6.45, 7) is 5.06. The highest BCUT2D eigenvalue weighted by molar-refractivity contribution is 5.92. The molecule has 0 heterocycles. The Hall–Kier alpha value is -1.56. The lowest BCUT2D eigenvalue weighted by Crippen LogP contribution is -2.29. The number of anilines is 1. The molecule has 0 saturated heterocycles.